The minimum atomic E-state index is -0.431. The molecule has 1 aromatic rings. The van der Waals surface area contributed by atoms with Crippen molar-refractivity contribution >= 4 is 28.9 Å². The summed E-state index contributed by atoms with van der Waals surface area (Å²) in [6.45, 7) is 7.14. The Morgan fingerprint density at radius 1 is 1.28 bits per heavy atom. The van der Waals surface area contributed by atoms with Crippen molar-refractivity contribution in [2.75, 3.05) is 31.5 Å². The van der Waals surface area contributed by atoms with E-state index in [4.69, 9.17) is 23.2 Å². The summed E-state index contributed by atoms with van der Waals surface area (Å²) in [5.74, 6) is 0. The van der Waals surface area contributed by atoms with Gasteiger partial charge < -0.3 is 15.3 Å². The van der Waals surface area contributed by atoms with E-state index in [9.17, 15) is 5.11 Å². The highest BCUT2D eigenvalue weighted by molar-refractivity contribution is 6.43. The van der Waals surface area contributed by atoms with Crippen LogP contribution in [0.2, 0.25) is 10.0 Å². The Labute approximate surface area is 119 Å². The number of likely N-dealkylation sites (N-methyl/N-ethyl adjacent to an activating group) is 1. The summed E-state index contributed by atoms with van der Waals surface area (Å²) in [5.41, 5.74) is 0.753. The van der Waals surface area contributed by atoms with Crippen LogP contribution in [0, 0.1) is 0 Å². The van der Waals surface area contributed by atoms with Gasteiger partial charge in [-0.25, -0.2) is 0 Å². The van der Waals surface area contributed by atoms with Gasteiger partial charge in [-0.15, -0.1) is 0 Å². The van der Waals surface area contributed by atoms with Crippen molar-refractivity contribution in [2.24, 2.45) is 0 Å². The Morgan fingerprint density at radius 2 is 1.94 bits per heavy atom. The fourth-order valence-electron chi connectivity index (χ4n) is 1.71. The second kappa shape index (κ2) is 7.85. The van der Waals surface area contributed by atoms with E-state index in [0.29, 0.717) is 23.1 Å². The van der Waals surface area contributed by atoms with Crippen molar-refractivity contribution in [3.05, 3.63) is 28.2 Å². The first-order valence-electron chi connectivity index (χ1n) is 6.16. The molecule has 0 spiro atoms. The summed E-state index contributed by atoms with van der Waals surface area (Å²) in [6, 6.07) is 5.41. The van der Waals surface area contributed by atoms with Gasteiger partial charge in [0.2, 0.25) is 0 Å². The van der Waals surface area contributed by atoms with Gasteiger partial charge >= 0.3 is 0 Å². The van der Waals surface area contributed by atoms with Gasteiger partial charge in [0, 0.05) is 13.1 Å². The van der Waals surface area contributed by atoms with E-state index in [1.54, 1.807) is 6.07 Å². The van der Waals surface area contributed by atoms with Crippen LogP contribution in [-0.2, 0) is 0 Å². The molecule has 1 aromatic carbocycles. The molecule has 2 N–H and O–H groups in total. The van der Waals surface area contributed by atoms with E-state index in [2.05, 4.69) is 24.1 Å². The van der Waals surface area contributed by atoms with Crippen molar-refractivity contribution < 1.29 is 5.11 Å². The number of nitrogens with zero attached hydrogens (tertiary/aromatic N) is 1. The maximum atomic E-state index is 9.92. The molecule has 0 aliphatic rings. The molecule has 0 bridgehead atoms. The number of hydrogen-bond donors (Lipinski definition) is 2. The molecule has 0 saturated carbocycles. The predicted molar refractivity (Wildman–Crippen MR) is 78.7 cm³/mol. The zero-order valence-corrected chi connectivity index (χ0v) is 12.3. The number of anilines is 1. The molecule has 102 valence electrons. The van der Waals surface area contributed by atoms with Gasteiger partial charge in [0.1, 0.15) is 0 Å². The normalized spacial score (nSPS) is 12.8. The van der Waals surface area contributed by atoms with Crippen LogP contribution < -0.4 is 5.32 Å². The lowest BCUT2D eigenvalue weighted by Crippen LogP contribution is -2.35. The molecule has 0 radical (unpaired) electrons. The van der Waals surface area contributed by atoms with Crippen LogP contribution in [0.15, 0.2) is 18.2 Å². The number of rotatable bonds is 7. The molecule has 0 heterocycles. The van der Waals surface area contributed by atoms with Crippen LogP contribution in [0.4, 0.5) is 5.69 Å². The maximum absolute atomic E-state index is 9.92. The summed E-state index contributed by atoms with van der Waals surface area (Å²) >= 11 is 12.0. The van der Waals surface area contributed by atoms with Crippen LogP contribution in [0.1, 0.15) is 13.8 Å². The van der Waals surface area contributed by atoms with Crippen molar-refractivity contribution in [1.29, 1.82) is 0 Å². The van der Waals surface area contributed by atoms with Crippen LogP contribution in [0.25, 0.3) is 0 Å². The van der Waals surface area contributed by atoms with Crippen molar-refractivity contribution in [1.82, 2.24) is 4.90 Å². The monoisotopic (exact) mass is 290 g/mol. The topological polar surface area (TPSA) is 35.5 Å². The van der Waals surface area contributed by atoms with Crippen LogP contribution >= 0.6 is 23.2 Å². The fourth-order valence-corrected chi connectivity index (χ4v) is 2.08. The first-order chi connectivity index (χ1) is 8.58. The quantitative estimate of drug-likeness (QED) is 0.810. The number of nitrogens with one attached hydrogen (secondary N) is 1. The van der Waals surface area contributed by atoms with E-state index in [1.807, 2.05) is 12.1 Å². The largest absolute Gasteiger partial charge is 0.390 e. The lowest BCUT2D eigenvalue weighted by Gasteiger charge is -2.22. The van der Waals surface area contributed by atoms with Gasteiger partial charge in [0.15, 0.2) is 0 Å². The number of hydrogen-bond acceptors (Lipinski definition) is 3. The van der Waals surface area contributed by atoms with Gasteiger partial charge in [0.05, 0.1) is 21.8 Å². The molecule has 0 amide bonds. The molecule has 1 rings (SSSR count). The second-order valence-corrected chi connectivity index (χ2v) is 4.91. The Kier molecular flexibility index (Phi) is 6.79. The Balaban J connectivity index is 2.47. The highest BCUT2D eigenvalue weighted by atomic mass is 35.5. The molecule has 18 heavy (non-hydrogen) atoms. The minimum Gasteiger partial charge on any atom is -0.390 e. The molecule has 0 aliphatic carbocycles. The lowest BCUT2D eigenvalue weighted by atomic mass is 10.2. The van der Waals surface area contributed by atoms with Crippen LogP contribution in [0.5, 0.6) is 0 Å². The molecule has 0 aliphatic heterocycles. The summed E-state index contributed by atoms with van der Waals surface area (Å²) in [6.07, 6.45) is -0.431. The van der Waals surface area contributed by atoms with E-state index in [0.717, 1.165) is 18.8 Å². The number of aliphatic hydroxyl groups is 1. The zero-order chi connectivity index (χ0) is 13.5. The van der Waals surface area contributed by atoms with Crippen molar-refractivity contribution in [3.8, 4) is 0 Å². The second-order valence-electron chi connectivity index (χ2n) is 4.12. The van der Waals surface area contributed by atoms with Gasteiger partial charge in [-0.05, 0) is 25.2 Å². The summed E-state index contributed by atoms with van der Waals surface area (Å²) in [7, 11) is 0. The SMILES string of the molecule is CCN(CC)CC(O)CNc1cccc(Cl)c1Cl. The maximum Gasteiger partial charge on any atom is 0.0839 e. The smallest absolute Gasteiger partial charge is 0.0839 e. The Morgan fingerprint density at radius 3 is 2.56 bits per heavy atom. The standard InChI is InChI=1S/C13H20Cl2N2O/c1-3-17(4-2)9-10(18)8-16-12-7-5-6-11(14)13(12)15/h5-7,10,16,18H,3-4,8-9H2,1-2H3. The van der Waals surface area contributed by atoms with Gasteiger partial charge in [0.25, 0.3) is 0 Å². The molecule has 0 saturated heterocycles. The third-order valence-corrected chi connectivity index (χ3v) is 3.66. The average molecular weight is 291 g/mol. The first kappa shape index (κ1) is 15.6. The lowest BCUT2D eigenvalue weighted by molar-refractivity contribution is 0.128. The summed E-state index contributed by atoms with van der Waals surface area (Å²) in [4.78, 5) is 2.17. The van der Waals surface area contributed by atoms with Crippen molar-refractivity contribution in [3.63, 3.8) is 0 Å². The molecular weight excluding hydrogens is 271 g/mol. The zero-order valence-electron chi connectivity index (χ0n) is 10.8. The van der Waals surface area contributed by atoms with Gasteiger partial charge in [-0.3, -0.25) is 0 Å². The molecule has 5 heteroatoms. The van der Waals surface area contributed by atoms with E-state index in [-0.39, 0.29) is 0 Å². The van der Waals surface area contributed by atoms with Crippen LogP contribution in [-0.4, -0.2) is 42.3 Å². The molecule has 0 fully saturated rings. The first-order valence-corrected chi connectivity index (χ1v) is 6.92. The highest BCUT2D eigenvalue weighted by Gasteiger charge is 2.10. The summed E-state index contributed by atoms with van der Waals surface area (Å²) < 4.78 is 0. The molecular formula is C13H20Cl2N2O. The van der Waals surface area contributed by atoms with Crippen molar-refractivity contribution in [2.45, 2.75) is 20.0 Å². The Hall–Kier alpha value is -0.480. The molecule has 1 atom stereocenters. The van der Waals surface area contributed by atoms with Gasteiger partial charge in [-0.2, -0.15) is 0 Å². The molecule has 1 unspecified atom stereocenters. The molecule has 3 nitrogen and oxygen atoms in total. The van der Waals surface area contributed by atoms with E-state index in [1.165, 1.54) is 0 Å². The third kappa shape index (κ3) is 4.65. The summed E-state index contributed by atoms with van der Waals surface area (Å²) in [5, 5.41) is 14.0. The molecule has 0 aromatic heterocycles. The van der Waals surface area contributed by atoms with Gasteiger partial charge in [-0.1, -0.05) is 43.1 Å². The Bertz CT molecular complexity index is 370. The average Bonchev–Trinajstić information content (AvgIpc) is 2.37. The number of benzene rings is 1. The fraction of sp³-hybridized carbons (Fsp3) is 0.538. The van der Waals surface area contributed by atoms with E-state index >= 15 is 0 Å². The minimum absolute atomic E-state index is 0.431. The van der Waals surface area contributed by atoms with Crippen LogP contribution in [0.3, 0.4) is 0 Å². The number of halogens is 2. The van der Waals surface area contributed by atoms with E-state index < -0.39 is 6.10 Å². The third-order valence-electron chi connectivity index (χ3n) is 2.84. The highest BCUT2D eigenvalue weighted by Crippen LogP contribution is 2.29. The number of aliphatic hydroxyl groups excluding tert-OH is 1. The predicted octanol–water partition coefficient (Wildman–Crippen LogP) is 3.11.